The first-order chi connectivity index (χ1) is 9.26. The Bertz CT molecular complexity index is 448. The van der Waals surface area contributed by atoms with E-state index in [0.717, 1.165) is 24.0 Å². The minimum absolute atomic E-state index is 0.551. The summed E-state index contributed by atoms with van der Waals surface area (Å²) in [7, 11) is 0. The minimum Gasteiger partial charge on any atom is -0.492 e. The fourth-order valence-electron chi connectivity index (χ4n) is 2.78. The van der Waals surface area contributed by atoms with Crippen LogP contribution in [0.25, 0.3) is 0 Å². The zero-order valence-corrected chi connectivity index (χ0v) is 12.1. The van der Waals surface area contributed by atoms with Gasteiger partial charge in [0.05, 0.1) is 11.6 Å². The van der Waals surface area contributed by atoms with Crippen molar-refractivity contribution in [1.82, 2.24) is 4.90 Å². The number of ether oxygens (including phenoxy) is 1. The number of hydrogen-bond donors (Lipinski definition) is 1. The van der Waals surface area contributed by atoms with Gasteiger partial charge in [-0.05, 0) is 44.4 Å². The van der Waals surface area contributed by atoms with Crippen molar-refractivity contribution in [3.05, 3.63) is 23.2 Å². The van der Waals surface area contributed by atoms with Crippen LogP contribution >= 0.6 is 11.6 Å². The molecule has 1 N–H and O–H groups in total. The van der Waals surface area contributed by atoms with Gasteiger partial charge in [0, 0.05) is 30.9 Å². The van der Waals surface area contributed by atoms with Crippen LogP contribution in [0.4, 0.5) is 5.69 Å². The third kappa shape index (κ3) is 3.15. The SMILES string of the molecule is CCOc1ccc(NC2CCN(C3CC3)C2)cc1Cl. The van der Waals surface area contributed by atoms with E-state index < -0.39 is 0 Å². The van der Waals surface area contributed by atoms with Crippen molar-refractivity contribution in [2.75, 3.05) is 25.0 Å². The third-order valence-electron chi connectivity index (χ3n) is 3.89. The van der Waals surface area contributed by atoms with E-state index in [4.69, 9.17) is 16.3 Å². The lowest BCUT2D eigenvalue weighted by atomic mass is 10.2. The molecular formula is C15H21ClN2O. The van der Waals surface area contributed by atoms with Crippen LogP contribution in [0.2, 0.25) is 5.02 Å². The Kier molecular flexibility index (Phi) is 3.85. The predicted octanol–water partition coefficient (Wildman–Crippen LogP) is 3.39. The Hall–Kier alpha value is -0.930. The van der Waals surface area contributed by atoms with Gasteiger partial charge in [0.1, 0.15) is 5.75 Å². The first kappa shape index (κ1) is 13.1. The van der Waals surface area contributed by atoms with Gasteiger partial charge in [0.2, 0.25) is 0 Å². The molecule has 2 aliphatic rings. The number of halogens is 1. The van der Waals surface area contributed by atoms with Gasteiger partial charge in [-0.1, -0.05) is 11.6 Å². The van der Waals surface area contributed by atoms with Crippen molar-refractivity contribution in [1.29, 1.82) is 0 Å². The molecule has 1 saturated carbocycles. The largest absolute Gasteiger partial charge is 0.492 e. The van der Waals surface area contributed by atoms with Crippen molar-refractivity contribution in [3.63, 3.8) is 0 Å². The van der Waals surface area contributed by atoms with E-state index in [9.17, 15) is 0 Å². The number of likely N-dealkylation sites (tertiary alicyclic amines) is 1. The van der Waals surface area contributed by atoms with Crippen LogP contribution in [0.15, 0.2) is 18.2 Å². The highest BCUT2D eigenvalue weighted by Gasteiger charge is 2.34. The summed E-state index contributed by atoms with van der Waals surface area (Å²) in [4.78, 5) is 2.60. The predicted molar refractivity (Wildman–Crippen MR) is 79.2 cm³/mol. The monoisotopic (exact) mass is 280 g/mol. The van der Waals surface area contributed by atoms with Gasteiger partial charge in [-0.25, -0.2) is 0 Å². The number of benzene rings is 1. The van der Waals surface area contributed by atoms with Gasteiger partial charge < -0.3 is 10.1 Å². The van der Waals surface area contributed by atoms with Gasteiger partial charge in [0.15, 0.2) is 0 Å². The van der Waals surface area contributed by atoms with E-state index in [1.807, 2.05) is 19.1 Å². The lowest BCUT2D eigenvalue weighted by Gasteiger charge is -2.17. The highest BCUT2D eigenvalue weighted by atomic mass is 35.5. The van der Waals surface area contributed by atoms with Crippen molar-refractivity contribution in [3.8, 4) is 5.75 Å². The molecule has 1 unspecified atom stereocenters. The van der Waals surface area contributed by atoms with Gasteiger partial charge in [-0.3, -0.25) is 4.90 Å². The van der Waals surface area contributed by atoms with Crippen molar-refractivity contribution >= 4 is 17.3 Å². The summed E-state index contributed by atoms with van der Waals surface area (Å²) in [6.07, 6.45) is 4.00. The fraction of sp³-hybridized carbons (Fsp3) is 0.600. The second kappa shape index (κ2) is 5.59. The lowest BCUT2D eigenvalue weighted by Crippen LogP contribution is -2.27. The summed E-state index contributed by atoms with van der Waals surface area (Å²) in [5.74, 6) is 0.765. The fourth-order valence-corrected chi connectivity index (χ4v) is 3.01. The molecule has 1 atom stereocenters. The molecule has 19 heavy (non-hydrogen) atoms. The molecule has 1 aromatic carbocycles. The van der Waals surface area contributed by atoms with Gasteiger partial charge in [0.25, 0.3) is 0 Å². The van der Waals surface area contributed by atoms with Crippen LogP contribution in [-0.2, 0) is 0 Å². The van der Waals surface area contributed by atoms with E-state index in [1.165, 1.54) is 25.8 Å². The van der Waals surface area contributed by atoms with Gasteiger partial charge >= 0.3 is 0 Å². The molecule has 0 radical (unpaired) electrons. The topological polar surface area (TPSA) is 24.5 Å². The zero-order chi connectivity index (χ0) is 13.2. The van der Waals surface area contributed by atoms with E-state index in [1.54, 1.807) is 0 Å². The summed E-state index contributed by atoms with van der Waals surface area (Å²) in [6, 6.07) is 7.38. The molecule has 104 valence electrons. The van der Waals surface area contributed by atoms with Crippen molar-refractivity contribution < 1.29 is 4.74 Å². The Morgan fingerprint density at radius 2 is 2.21 bits per heavy atom. The second-order valence-corrected chi connectivity index (χ2v) is 5.84. The minimum atomic E-state index is 0.551. The first-order valence-corrected chi connectivity index (χ1v) is 7.57. The van der Waals surface area contributed by atoms with Crippen LogP contribution in [0.1, 0.15) is 26.2 Å². The molecule has 2 fully saturated rings. The molecule has 3 rings (SSSR count). The summed E-state index contributed by atoms with van der Waals surface area (Å²) < 4.78 is 5.45. The van der Waals surface area contributed by atoms with E-state index in [0.29, 0.717) is 17.7 Å². The Labute approximate surface area is 119 Å². The molecule has 4 heteroatoms. The number of hydrogen-bond acceptors (Lipinski definition) is 3. The summed E-state index contributed by atoms with van der Waals surface area (Å²) in [5.41, 5.74) is 1.09. The van der Waals surface area contributed by atoms with Crippen LogP contribution in [0.5, 0.6) is 5.75 Å². The Morgan fingerprint density at radius 3 is 2.89 bits per heavy atom. The Balaban J connectivity index is 1.59. The lowest BCUT2D eigenvalue weighted by molar-refractivity contribution is 0.326. The molecule has 1 saturated heterocycles. The van der Waals surface area contributed by atoms with Gasteiger partial charge in [-0.15, -0.1) is 0 Å². The van der Waals surface area contributed by atoms with Crippen LogP contribution in [0.3, 0.4) is 0 Å². The molecule has 0 spiro atoms. The Morgan fingerprint density at radius 1 is 1.37 bits per heavy atom. The van der Waals surface area contributed by atoms with Crippen molar-refractivity contribution in [2.45, 2.75) is 38.3 Å². The summed E-state index contributed by atoms with van der Waals surface area (Å²) in [6.45, 7) is 5.00. The molecule has 1 heterocycles. The van der Waals surface area contributed by atoms with Crippen LogP contribution in [0, 0.1) is 0 Å². The summed E-state index contributed by atoms with van der Waals surface area (Å²) in [5, 5.41) is 4.27. The molecule has 0 amide bonds. The normalized spacial score (nSPS) is 23.6. The third-order valence-corrected chi connectivity index (χ3v) is 4.18. The van der Waals surface area contributed by atoms with E-state index >= 15 is 0 Å². The number of nitrogens with zero attached hydrogens (tertiary/aromatic N) is 1. The molecule has 3 nitrogen and oxygen atoms in total. The maximum atomic E-state index is 6.21. The quantitative estimate of drug-likeness (QED) is 0.895. The van der Waals surface area contributed by atoms with E-state index in [-0.39, 0.29) is 0 Å². The molecule has 1 aliphatic heterocycles. The number of anilines is 1. The maximum absolute atomic E-state index is 6.21. The summed E-state index contributed by atoms with van der Waals surface area (Å²) >= 11 is 6.21. The highest BCUT2D eigenvalue weighted by molar-refractivity contribution is 6.32. The van der Waals surface area contributed by atoms with Crippen molar-refractivity contribution in [2.24, 2.45) is 0 Å². The maximum Gasteiger partial charge on any atom is 0.138 e. The number of rotatable bonds is 5. The van der Waals surface area contributed by atoms with Crippen LogP contribution in [-0.4, -0.2) is 36.7 Å². The molecule has 0 bridgehead atoms. The highest BCUT2D eigenvalue weighted by Crippen LogP contribution is 2.32. The average molecular weight is 281 g/mol. The van der Waals surface area contributed by atoms with Crippen LogP contribution < -0.4 is 10.1 Å². The molecule has 0 aromatic heterocycles. The van der Waals surface area contributed by atoms with E-state index in [2.05, 4.69) is 16.3 Å². The molecule has 1 aliphatic carbocycles. The molecule has 1 aromatic rings. The van der Waals surface area contributed by atoms with Gasteiger partial charge in [-0.2, -0.15) is 0 Å². The standard InChI is InChI=1S/C15H21ClN2O/c1-2-19-15-6-3-11(9-14(15)16)17-12-7-8-18(10-12)13-4-5-13/h3,6,9,12-13,17H,2,4-5,7-8,10H2,1H3. The zero-order valence-electron chi connectivity index (χ0n) is 11.4. The molecular weight excluding hydrogens is 260 g/mol. The first-order valence-electron chi connectivity index (χ1n) is 7.19. The second-order valence-electron chi connectivity index (χ2n) is 5.43. The average Bonchev–Trinajstić information content (AvgIpc) is 3.14. The smallest absolute Gasteiger partial charge is 0.138 e. The number of nitrogens with one attached hydrogen (secondary N) is 1.